The number of para-hydroxylation sites is 1. The van der Waals surface area contributed by atoms with Crippen LogP contribution >= 0.6 is 27.3 Å². The molecule has 0 saturated carbocycles. The number of carbonyl (C=O) groups excluding carboxylic acids is 1. The molecule has 3 rings (SSSR count). The highest BCUT2D eigenvalue weighted by Gasteiger charge is 2.07. The van der Waals surface area contributed by atoms with Gasteiger partial charge in [0.25, 0.3) is 5.91 Å². The zero-order chi connectivity index (χ0) is 14.7. The van der Waals surface area contributed by atoms with Gasteiger partial charge in [0.15, 0.2) is 0 Å². The van der Waals surface area contributed by atoms with Crippen molar-refractivity contribution in [2.75, 3.05) is 6.54 Å². The number of thiophene rings is 1. The first-order valence-electron chi connectivity index (χ1n) is 6.80. The zero-order valence-electron chi connectivity index (χ0n) is 11.4. The number of hydrogen-bond acceptors (Lipinski definition) is 2. The average Bonchev–Trinajstić information content (AvgIpc) is 3.10. The summed E-state index contributed by atoms with van der Waals surface area (Å²) in [5.41, 5.74) is 1.96. The number of benzene rings is 1. The van der Waals surface area contributed by atoms with Crippen molar-refractivity contribution in [3.63, 3.8) is 0 Å². The molecule has 1 N–H and O–H groups in total. The molecule has 0 atom stereocenters. The van der Waals surface area contributed by atoms with Gasteiger partial charge in [-0.25, -0.2) is 0 Å². The predicted molar refractivity (Wildman–Crippen MR) is 90.9 cm³/mol. The van der Waals surface area contributed by atoms with Crippen LogP contribution in [0, 0.1) is 0 Å². The van der Waals surface area contributed by atoms with Gasteiger partial charge in [-0.15, -0.1) is 11.3 Å². The summed E-state index contributed by atoms with van der Waals surface area (Å²) >= 11 is 4.89. The first kappa shape index (κ1) is 14.4. The number of nitrogens with one attached hydrogen (secondary N) is 1. The second-order valence-electron chi connectivity index (χ2n) is 4.82. The summed E-state index contributed by atoms with van der Waals surface area (Å²) in [7, 11) is 0. The van der Waals surface area contributed by atoms with Gasteiger partial charge in [0, 0.05) is 30.2 Å². The Morgan fingerprint density at radius 3 is 2.95 bits per heavy atom. The molecule has 3 aromatic rings. The standard InChI is InChI=1S/C16H15BrN2OS/c17-15-10-13(11-21-15)16(20)18-7-3-8-19-9-6-12-4-1-2-5-14(12)19/h1-2,4-6,9-11H,3,7-8H2,(H,18,20). The van der Waals surface area contributed by atoms with Crippen LogP contribution in [0.3, 0.4) is 0 Å². The Balaban J connectivity index is 1.51. The van der Waals surface area contributed by atoms with E-state index in [0.29, 0.717) is 6.54 Å². The minimum Gasteiger partial charge on any atom is -0.352 e. The van der Waals surface area contributed by atoms with Crippen molar-refractivity contribution >= 4 is 44.1 Å². The Labute approximate surface area is 135 Å². The number of fused-ring (bicyclic) bond motifs is 1. The Morgan fingerprint density at radius 2 is 2.14 bits per heavy atom. The molecule has 0 bridgehead atoms. The molecule has 0 spiro atoms. The molecule has 3 nitrogen and oxygen atoms in total. The fraction of sp³-hybridized carbons (Fsp3) is 0.188. The Kier molecular flexibility index (Phi) is 4.41. The smallest absolute Gasteiger partial charge is 0.252 e. The highest BCUT2D eigenvalue weighted by molar-refractivity contribution is 9.11. The van der Waals surface area contributed by atoms with Crippen LogP contribution in [0.1, 0.15) is 16.8 Å². The van der Waals surface area contributed by atoms with E-state index in [2.05, 4.69) is 56.3 Å². The van der Waals surface area contributed by atoms with E-state index in [4.69, 9.17) is 0 Å². The molecule has 0 radical (unpaired) electrons. The summed E-state index contributed by atoms with van der Waals surface area (Å²) in [6.45, 7) is 1.58. The van der Waals surface area contributed by atoms with Gasteiger partial charge in [0.05, 0.1) is 9.35 Å². The third-order valence-electron chi connectivity index (χ3n) is 3.37. The molecule has 0 fully saturated rings. The van der Waals surface area contributed by atoms with Crippen molar-refractivity contribution < 1.29 is 4.79 Å². The minimum atomic E-state index is -0.00526. The maximum absolute atomic E-state index is 11.9. The molecule has 0 unspecified atom stereocenters. The first-order chi connectivity index (χ1) is 10.2. The number of aromatic nitrogens is 1. The van der Waals surface area contributed by atoms with Crippen LogP contribution in [0.25, 0.3) is 10.9 Å². The average molecular weight is 363 g/mol. The van der Waals surface area contributed by atoms with Crippen molar-refractivity contribution in [2.45, 2.75) is 13.0 Å². The monoisotopic (exact) mass is 362 g/mol. The van der Waals surface area contributed by atoms with Crippen molar-refractivity contribution in [2.24, 2.45) is 0 Å². The predicted octanol–water partition coefficient (Wildman–Crippen LogP) is 4.29. The summed E-state index contributed by atoms with van der Waals surface area (Å²) in [6, 6.07) is 12.3. The molecule has 0 aliphatic heterocycles. The van der Waals surface area contributed by atoms with Gasteiger partial charge in [0.1, 0.15) is 0 Å². The van der Waals surface area contributed by atoms with E-state index in [1.165, 1.54) is 22.2 Å². The SMILES string of the molecule is O=C(NCCCn1ccc2ccccc21)c1csc(Br)c1. The van der Waals surface area contributed by atoms with Crippen LogP contribution in [0.4, 0.5) is 0 Å². The van der Waals surface area contributed by atoms with Gasteiger partial charge in [0.2, 0.25) is 0 Å². The van der Waals surface area contributed by atoms with Crippen LogP contribution < -0.4 is 5.32 Å². The largest absolute Gasteiger partial charge is 0.352 e. The third kappa shape index (κ3) is 3.36. The fourth-order valence-electron chi connectivity index (χ4n) is 2.32. The van der Waals surface area contributed by atoms with E-state index in [1.807, 2.05) is 17.5 Å². The van der Waals surface area contributed by atoms with E-state index in [1.54, 1.807) is 0 Å². The van der Waals surface area contributed by atoms with Crippen LogP contribution in [0.15, 0.2) is 51.8 Å². The lowest BCUT2D eigenvalue weighted by atomic mass is 10.2. The number of rotatable bonds is 5. The first-order valence-corrected chi connectivity index (χ1v) is 8.47. The normalized spacial score (nSPS) is 10.9. The molecule has 21 heavy (non-hydrogen) atoms. The molecule has 2 aromatic heterocycles. The van der Waals surface area contributed by atoms with Crippen molar-refractivity contribution in [3.05, 3.63) is 57.3 Å². The number of halogens is 1. The number of nitrogens with zero attached hydrogens (tertiary/aromatic N) is 1. The third-order valence-corrected chi connectivity index (χ3v) is 4.88. The molecule has 1 amide bonds. The quantitative estimate of drug-likeness (QED) is 0.675. The zero-order valence-corrected chi connectivity index (χ0v) is 13.8. The minimum absolute atomic E-state index is 0.00526. The molecular formula is C16H15BrN2OS. The highest BCUT2D eigenvalue weighted by Crippen LogP contribution is 2.20. The Hall–Kier alpha value is -1.59. The van der Waals surface area contributed by atoms with Crippen LogP contribution in [-0.4, -0.2) is 17.0 Å². The van der Waals surface area contributed by atoms with Crippen molar-refractivity contribution in [1.82, 2.24) is 9.88 Å². The number of hydrogen-bond donors (Lipinski definition) is 1. The molecule has 0 saturated heterocycles. The molecule has 5 heteroatoms. The molecule has 2 heterocycles. The second kappa shape index (κ2) is 6.45. The lowest BCUT2D eigenvalue weighted by Gasteiger charge is -2.06. The topological polar surface area (TPSA) is 34.0 Å². The van der Waals surface area contributed by atoms with Crippen molar-refractivity contribution in [3.8, 4) is 0 Å². The van der Waals surface area contributed by atoms with Crippen molar-refractivity contribution in [1.29, 1.82) is 0 Å². The summed E-state index contributed by atoms with van der Waals surface area (Å²) in [6.07, 6.45) is 3.01. The molecule has 0 aliphatic carbocycles. The molecule has 0 aliphatic rings. The highest BCUT2D eigenvalue weighted by atomic mass is 79.9. The van der Waals surface area contributed by atoms with E-state index in [-0.39, 0.29) is 5.91 Å². The fourth-order valence-corrected chi connectivity index (χ4v) is 3.45. The molecule has 108 valence electrons. The van der Waals surface area contributed by atoms with Gasteiger partial charge in [-0.05, 0) is 45.9 Å². The summed E-state index contributed by atoms with van der Waals surface area (Å²) in [4.78, 5) is 11.9. The summed E-state index contributed by atoms with van der Waals surface area (Å²) < 4.78 is 3.20. The lowest BCUT2D eigenvalue weighted by Crippen LogP contribution is -2.24. The van der Waals surface area contributed by atoms with E-state index in [9.17, 15) is 4.79 Å². The van der Waals surface area contributed by atoms with Gasteiger partial charge < -0.3 is 9.88 Å². The van der Waals surface area contributed by atoms with E-state index in [0.717, 1.165) is 22.3 Å². The number of amides is 1. The summed E-state index contributed by atoms with van der Waals surface area (Å²) in [5, 5.41) is 6.07. The molecule has 1 aromatic carbocycles. The van der Waals surface area contributed by atoms with E-state index >= 15 is 0 Å². The second-order valence-corrected chi connectivity index (χ2v) is 7.11. The van der Waals surface area contributed by atoms with Gasteiger partial charge in [-0.2, -0.15) is 0 Å². The van der Waals surface area contributed by atoms with E-state index < -0.39 is 0 Å². The van der Waals surface area contributed by atoms with Crippen LogP contribution in [0.2, 0.25) is 0 Å². The Bertz CT molecular complexity index is 762. The van der Waals surface area contributed by atoms with Gasteiger partial charge >= 0.3 is 0 Å². The van der Waals surface area contributed by atoms with Crippen LogP contribution in [0.5, 0.6) is 0 Å². The maximum Gasteiger partial charge on any atom is 0.252 e. The van der Waals surface area contributed by atoms with Gasteiger partial charge in [-0.3, -0.25) is 4.79 Å². The molecular weight excluding hydrogens is 348 g/mol. The lowest BCUT2D eigenvalue weighted by molar-refractivity contribution is 0.0953. The Morgan fingerprint density at radius 1 is 1.29 bits per heavy atom. The number of aryl methyl sites for hydroxylation is 1. The summed E-state index contributed by atoms with van der Waals surface area (Å²) in [5.74, 6) is -0.00526. The maximum atomic E-state index is 11.9. The van der Waals surface area contributed by atoms with Gasteiger partial charge in [-0.1, -0.05) is 18.2 Å². The van der Waals surface area contributed by atoms with Crippen LogP contribution in [-0.2, 0) is 6.54 Å². The number of carbonyl (C=O) groups is 1.